The second kappa shape index (κ2) is 18.3. The fourth-order valence-electron chi connectivity index (χ4n) is 11.5. The first-order valence-corrected chi connectivity index (χ1v) is 23.3. The first kappa shape index (κ1) is 45.0. The van der Waals surface area contributed by atoms with Crippen molar-refractivity contribution in [3.8, 4) is 23.5 Å². The molecule has 348 valence electrons. The van der Waals surface area contributed by atoms with Crippen molar-refractivity contribution in [1.29, 1.82) is 0 Å². The maximum Gasteiger partial charge on any atom is 0.271 e. The smallest absolute Gasteiger partial charge is 0.271 e. The van der Waals surface area contributed by atoms with Gasteiger partial charge in [-0.1, -0.05) is 24.8 Å². The predicted octanol–water partition coefficient (Wildman–Crippen LogP) is 4.67. The van der Waals surface area contributed by atoms with Crippen molar-refractivity contribution in [3.05, 3.63) is 52.8 Å². The van der Waals surface area contributed by atoms with Crippen LogP contribution in [0.5, 0.6) is 11.6 Å². The van der Waals surface area contributed by atoms with Gasteiger partial charge in [0.25, 0.3) is 23.6 Å². The zero-order valence-corrected chi connectivity index (χ0v) is 37.6. The summed E-state index contributed by atoms with van der Waals surface area (Å²) in [6.45, 7) is 2.87. The van der Waals surface area contributed by atoms with Crippen LogP contribution in [-0.2, 0) is 14.4 Å². The van der Waals surface area contributed by atoms with Gasteiger partial charge in [-0.2, -0.15) is 0 Å². The summed E-state index contributed by atoms with van der Waals surface area (Å²) in [6.07, 6.45) is 11.3. The van der Waals surface area contributed by atoms with Gasteiger partial charge in [-0.05, 0) is 114 Å². The number of nitrogens with two attached hydrogens (primary N) is 1. The Kier molecular flexibility index (Phi) is 12.5. The number of aromatic nitrogens is 2. The van der Waals surface area contributed by atoms with E-state index >= 15 is 0 Å². The highest BCUT2D eigenvalue weighted by atomic mass is 19.1. The van der Waals surface area contributed by atoms with Gasteiger partial charge in [-0.25, -0.2) is 14.4 Å². The largest absolute Gasteiger partial charge is 0.494 e. The van der Waals surface area contributed by atoms with Crippen LogP contribution in [0.15, 0.2) is 30.5 Å². The number of amides is 6. The van der Waals surface area contributed by atoms with Gasteiger partial charge in [0.05, 0.1) is 40.7 Å². The van der Waals surface area contributed by atoms with Crippen molar-refractivity contribution < 1.29 is 42.6 Å². The molecule has 0 radical (unpaired) electrons. The number of ether oxygens (including phenoxy) is 2. The third kappa shape index (κ3) is 8.55. The molecule has 17 heteroatoms. The summed E-state index contributed by atoms with van der Waals surface area (Å²) in [6, 6.07) is 6.01. The normalized spacial score (nSPS) is 29.5. The highest BCUT2D eigenvalue weighted by Crippen LogP contribution is 2.53. The van der Waals surface area contributed by atoms with Gasteiger partial charge in [0.1, 0.15) is 12.6 Å². The average molecular weight is 905 g/mol. The number of halogens is 1. The minimum absolute atomic E-state index is 0.00103. The van der Waals surface area contributed by atoms with Crippen LogP contribution in [-0.4, -0.2) is 113 Å². The molecule has 4 atom stereocenters. The summed E-state index contributed by atoms with van der Waals surface area (Å²) in [5, 5.41) is 8.96. The summed E-state index contributed by atoms with van der Waals surface area (Å²) in [7, 11) is 3.66. The van der Waals surface area contributed by atoms with E-state index in [-0.39, 0.29) is 59.7 Å². The van der Waals surface area contributed by atoms with Gasteiger partial charge in [0, 0.05) is 48.8 Å². The van der Waals surface area contributed by atoms with E-state index in [4.69, 9.17) is 15.2 Å². The lowest BCUT2D eigenvalue weighted by Crippen LogP contribution is -2.54. The Labute approximate surface area is 382 Å². The molecule has 3 saturated carbocycles. The maximum atomic E-state index is 14.5. The summed E-state index contributed by atoms with van der Waals surface area (Å²) < 4.78 is 26.0. The lowest BCUT2D eigenvalue weighted by Gasteiger charge is -2.53. The van der Waals surface area contributed by atoms with Crippen LogP contribution < -0.4 is 31.2 Å². The average Bonchev–Trinajstić information content (AvgIpc) is 3.72. The summed E-state index contributed by atoms with van der Waals surface area (Å²) in [4.78, 5) is 88.3. The SMILES string of the molecule is CCC1C(COc2ncc(C#CC3CCC(CN(C)C4CCC5(CC4)CC(Nc4cccc6c4C(=O)N(C4CCC(=O)NC4=O)C6=O)C5)CC3)c3nc(C(N)=O)c(OC)cc23)NC(=O)[C@H]1F. The molecule has 3 unspecified atom stereocenters. The highest BCUT2D eigenvalue weighted by molar-refractivity contribution is 6.25. The van der Waals surface area contributed by atoms with Crippen LogP contribution in [0.1, 0.15) is 127 Å². The number of nitrogens with zero attached hydrogens (tertiary/aromatic N) is 4. The monoisotopic (exact) mass is 904 g/mol. The number of benzene rings is 1. The number of nitrogens with one attached hydrogen (secondary N) is 3. The van der Waals surface area contributed by atoms with Crippen molar-refractivity contribution in [3.63, 3.8) is 0 Å². The van der Waals surface area contributed by atoms with Crippen molar-refractivity contribution in [1.82, 2.24) is 30.4 Å². The first-order valence-electron chi connectivity index (χ1n) is 23.3. The molecule has 3 aliphatic carbocycles. The number of alkyl halides is 1. The number of imide groups is 2. The van der Waals surface area contributed by atoms with Crippen LogP contribution in [0, 0.1) is 35.0 Å². The molecule has 0 bridgehead atoms. The molecular weight excluding hydrogens is 848 g/mol. The Morgan fingerprint density at radius 1 is 1.05 bits per heavy atom. The number of carbonyl (C=O) groups excluding carboxylic acids is 6. The molecule has 1 spiro atoms. The molecule has 5 fully saturated rings. The minimum atomic E-state index is -1.60. The van der Waals surface area contributed by atoms with Gasteiger partial charge in [0.15, 0.2) is 17.6 Å². The van der Waals surface area contributed by atoms with E-state index in [9.17, 15) is 33.2 Å². The molecular formula is C49H57FN8O8. The van der Waals surface area contributed by atoms with Crippen LogP contribution in [0.3, 0.4) is 0 Å². The first-order chi connectivity index (χ1) is 31.8. The molecule has 6 aliphatic rings. The molecule has 2 saturated heterocycles. The van der Waals surface area contributed by atoms with Crippen LogP contribution in [0.25, 0.3) is 10.9 Å². The number of primary amides is 1. The molecule has 6 amide bonds. The second-order valence-electron chi connectivity index (χ2n) is 19.3. The number of methoxy groups -OCH3 is 1. The number of anilines is 1. The van der Waals surface area contributed by atoms with E-state index in [0.29, 0.717) is 46.1 Å². The quantitative estimate of drug-likeness (QED) is 0.144. The van der Waals surface area contributed by atoms with E-state index < -0.39 is 59.6 Å². The Bertz CT molecular complexity index is 2530. The van der Waals surface area contributed by atoms with Crippen LogP contribution in [0.4, 0.5) is 10.1 Å². The Balaban J connectivity index is 0.763. The van der Waals surface area contributed by atoms with Crippen molar-refractivity contribution >= 4 is 52.0 Å². The van der Waals surface area contributed by atoms with Crippen molar-refractivity contribution in [2.45, 2.75) is 121 Å². The number of fused-ring (bicyclic) bond motifs is 2. The molecule has 3 aliphatic heterocycles. The third-order valence-corrected chi connectivity index (χ3v) is 15.2. The molecule has 16 nitrogen and oxygen atoms in total. The van der Waals surface area contributed by atoms with Gasteiger partial charge in [0.2, 0.25) is 17.7 Å². The molecule has 5 heterocycles. The van der Waals surface area contributed by atoms with E-state index in [1.807, 2.05) is 13.0 Å². The number of hydrogen-bond donors (Lipinski definition) is 4. The van der Waals surface area contributed by atoms with E-state index in [0.717, 1.165) is 75.7 Å². The van der Waals surface area contributed by atoms with Gasteiger partial charge in [-0.3, -0.25) is 39.0 Å². The highest BCUT2D eigenvalue weighted by Gasteiger charge is 2.49. The van der Waals surface area contributed by atoms with Gasteiger partial charge >= 0.3 is 0 Å². The Hall–Kier alpha value is -6.15. The lowest BCUT2D eigenvalue weighted by molar-refractivity contribution is -0.136. The Morgan fingerprint density at radius 3 is 2.50 bits per heavy atom. The lowest BCUT2D eigenvalue weighted by atomic mass is 9.57. The standard InChI is InChI=1S/C49H57FN8O8/c1-4-31-35(54-45(62)40(31)50)25-66-46-33-20-37(65-3)42(43(51)60)56-41(33)28(23-52-46)13-12-26-8-10-27(11-9-26)24-57(2)30-16-18-49(19-17-30)21-29(22-49)53-34-7-5-6-32-39(34)48(64)58(47(32)63)36-14-15-38(59)55-44(36)61/h5-7,20,23,26-27,29-31,35-36,40,53H,4,8-11,14-19,21-22,24-25H2,1-3H3,(H2,51,60)(H,54,62)(H,55,59,61)/t26?,27?,29?,30?,31?,35?,36?,40-,49?/m0/s1. The molecule has 2 aromatic heterocycles. The summed E-state index contributed by atoms with van der Waals surface area (Å²) in [5.74, 6) is 3.93. The molecule has 66 heavy (non-hydrogen) atoms. The number of piperidine rings is 1. The van der Waals surface area contributed by atoms with Gasteiger partial charge in [-0.15, -0.1) is 0 Å². The van der Waals surface area contributed by atoms with Crippen molar-refractivity contribution in [2.75, 3.05) is 32.6 Å². The van der Waals surface area contributed by atoms with Crippen LogP contribution >= 0.6 is 0 Å². The van der Waals surface area contributed by atoms with E-state index in [2.05, 4.69) is 49.7 Å². The van der Waals surface area contributed by atoms with Crippen LogP contribution in [0.2, 0.25) is 0 Å². The molecule has 5 N–H and O–H groups in total. The fraction of sp³-hybridized carbons (Fsp3) is 0.551. The molecule has 1 aromatic carbocycles. The predicted molar refractivity (Wildman–Crippen MR) is 240 cm³/mol. The second-order valence-corrected chi connectivity index (χ2v) is 19.3. The zero-order chi connectivity index (χ0) is 46.4. The maximum absolute atomic E-state index is 14.5. The van der Waals surface area contributed by atoms with E-state index in [1.54, 1.807) is 24.4 Å². The summed E-state index contributed by atoms with van der Waals surface area (Å²) >= 11 is 0. The fourth-order valence-corrected chi connectivity index (χ4v) is 11.5. The van der Waals surface area contributed by atoms with Crippen molar-refractivity contribution in [2.24, 2.45) is 28.9 Å². The van der Waals surface area contributed by atoms with E-state index in [1.165, 1.54) is 7.11 Å². The zero-order valence-electron chi connectivity index (χ0n) is 37.6. The summed E-state index contributed by atoms with van der Waals surface area (Å²) in [5.41, 5.74) is 8.02. The molecule has 9 rings (SSSR count). The van der Waals surface area contributed by atoms with Gasteiger partial charge < -0.3 is 30.7 Å². The number of rotatable bonds is 12. The Morgan fingerprint density at radius 2 is 1.80 bits per heavy atom. The number of hydrogen-bond acceptors (Lipinski definition) is 12. The topological polar surface area (TPSA) is 215 Å². The number of pyridine rings is 2. The minimum Gasteiger partial charge on any atom is -0.494 e. The number of carbonyl (C=O) groups is 6. The molecule has 3 aromatic rings. The third-order valence-electron chi connectivity index (χ3n) is 15.2.